The Morgan fingerprint density at radius 3 is 2.65 bits per heavy atom. The van der Waals surface area contributed by atoms with E-state index >= 15 is 0 Å². The Kier molecular flexibility index (Phi) is 4.57. The van der Waals surface area contributed by atoms with Crippen LogP contribution in [-0.2, 0) is 10.0 Å². The van der Waals surface area contributed by atoms with Gasteiger partial charge in [-0.1, -0.05) is 11.6 Å². The van der Waals surface area contributed by atoms with Gasteiger partial charge in [-0.05, 0) is 0 Å². The minimum Gasteiger partial charge on any atom is -0.508 e. The van der Waals surface area contributed by atoms with E-state index in [1.54, 1.807) is 0 Å². The standard InChI is InChI=1S/C12H11ClN4O5S/c1-23(20,21)17-6-2-7(18)4-8(3-6)22-12(19)9-10(13)15-5-16-11(9)14/h2-5,17-18H,1H3,(H2,14,15,16). The number of esters is 1. The van der Waals surface area contributed by atoms with Gasteiger partial charge in [0, 0.05) is 18.2 Å². The molecule has 0 bridgehead atoms. The predicted molar refractivity (Wildman–Crippen MR) is 83.0 cm³/mol. The summed E-state index contributed by atoms with van der Waals surface area (Å²) in [6.45, 7) is 0. The Labute approximate surface area is 136 Å². The number of phenolic OH excluding ortho intramolecular Hbond substituents is 1. The van der Waals surface area contributed by atoms with Crippen molar-refractivity contribution in [1.82, 2.24) is 9.97 Å². The van der Waals surface area contributed by atoms with Crippen LogP contribution in [0, 0.1) is 0 Å². The highest BCUT2D eigenvalue weighted by Gasteiger charge is 2.19. The molecule has 0 spiro atoms. The fourth-order valence-electron chi connectivity index (χ4n) is 1.64. The lowest BCUT2D eigenvalue weighted by Gasteiger charge is -2.10. The minimum absolute atomic E-state index is 0.0127. The zero-order valence-corrected chi connectivity index (χ0v) is 13.2. The Hall–Kier alpha value is -2.59. The summed E-state index contributed by atoms with van der Waals surface area (Å²) < 4.78 is 29.6. The van der Waals surface area contributed by atoms with E-state index in [0.717, 1.165) is 24.7 Å². The number of carbonyl (C=O) groups excluding carboxylic acids is 1. The highest BCUT2D eigenvalue weighted by molar-refractivity contribution is 7.92. The molecule has 4 N–H and O–H groups in total. The molecule has 0 radical (unpaired) electrons. The molecule has 9 nitrogen and oxygen atoms in total. The number of nitrogens with zero attached hydrogens (tertiary/aromatic N) is 2. The third kappa shape index (κ3) is 4.44. The molecule has 0 saturated carbocycles. The molecule has 23 heavy (non-hydrogen) atoms. The molecule has 2 aromatic rings. The number of carbonyl (C=O) groups is 1. The molecule has 0 aliphatic carbocycles. The summed E-state index contributed by atoms with van der Waals surface area (Å²) in [5, 5.41) is 9.38. The van der Waals surface area contributed by atoms with Crippen LogP contribution < -0.4 is 15.2 Å². The van der Waals surface area contributed by atoms with Gasteiger partial charge >= 0.3 is 5.97 Å². The number of sulfonamides is 1. The van der Waals surface area contributed by atoms with Crippen molar-refractivity contribution in [3.63, 3.8) is 0 Å². The molecule has 122 valence electrons. The van der Waals surface area contributed by atoms with Gasteiger partial charge in [-0.25, -0.2) is 23.2 Å². The highest BCUT2D eigenvalue weighted by atomic mass is 35.5. The van der Waals surface area contributed by atoms with E-state index in [0.29, 0.717) is 0 Å². The Morgan fingerprint density at radius 1 is 1.35 bits per heavy atom. The molecule has 0 unspecified atom stereocenters. The van der Waals surface area contributed by atoms with Crippen LogP contribution in [0.3, 0.4) is 0 Å². The van der Waals surface area contributed by atoms with Crippen LogP contribution in [0.1, 0.15) is 10.4 Å². The monoisotopic (exact) mass is 358 g/mol. The Balaban J connectivity index is 2.31. The molecule has 1 heterocycles. The first-order valence-corrected chi connectivity index (χ1v) is 8.22. The number of nitrogens with two attached hydrogens (primary N) is 1. The minimum atomic E-state index is -3.57. The largest absolute Gasteiger partial charge is 0.508 e. The van der Waals surface area contributed by atoms with Crippen LogP contribution in [0.5, 0.6) is 11.5 Å². The summed E-state index contributed by atoms with van der Waals surface area (Å²) >= 11 is 5.77. The number of anilines is 2. The summed E-state index contributed by atoms with van der Waals surface area (Å²) in [7, 11) is -3.57. The van der Waals surface area contributed by atoms with E-state index in [2.05, 4.69) is 14.7 Å². The molecular weight excluding hydrogens is 348 g/mol. The maximum atomic E-state index is 12.1. The van der Waals surface area contributed by atoms with Crippen molar-refractivity contribution < 1.29 is 23.1 Å². The first kappa shape index (κ1) is 16.8. The van der Waals surface area contributed by atoms with Gasteiger partial charge in [0.2, 0.25) is 10.0 Å². The van der Waals surface area contributed by atoms with Crippen LogP contribution in [0.2, 0.25) is 5.15 Å². The fraction of sp³-hybridized carbons (Fsp3) is 0.0833. The third-order valence-electron chi connectivity index (χ3n) is 2.44. The number of hydrogen-bond donors (Lipinski definition) is 3. The van der Waals surface area contributed by atoms with Crippen molar-refractivity contribution in [2.75, 3.05) is 16.7 Å². The number of aromatic nitrogens is 2. The van der Waals surface area contributed by atoms with Crippen molar-refractivity contribution >= 4 is 39.1 Å². The van der Waals surface area contributed by atoms with E-state index < -0.39 is 16.0 Å². The number of benzene rings is 1. The predicted octanol–water partition coefficient (Wildman–Crippen LogP) is 1.01. The van der Waals surface area contributed by atoms with Crippen molar-refractivity contribution in [1.29, 1.82) is 0 Å². The number of halogens is 1. The van der Waals surface area contributed by atoms with Crippen LogP contribution in [-0.4, -0.2) is 35.7 Å². The molecular formula is C12H11ClN4O5S. The van der Waals surface area contributed by atoms with Crippen molar-refractivity contribution in [3.8, 4) is 11.5 Å². The Bertz CT molecular complexity index is 851. The first-order valence-electron chi connectivity index (χ1n) is 5.96. The molecule has 2 rings (SSSR count). The summed E-state index contributed by atoms with van der Waals surface area (Å²) in [6.07, 6.45) is 2.02. The van der Waals surface area contributed by atoms with E-state index in [1.807, 2.05) is 0 Å². The van der Waals surface area contributed by atoms with Gasteiger partial charge in [0.15, 0.2) is 0 Å². The van der Waals surface area contributed by atoms with E-state index in [1.165, 1.54) is 6.07 Å². The molecule has 0 aliphatic heterocycles. The third-order valence-corrected chi connectivity index (χ3v) is 3.33. The van der Waals surface area contributed by atoms with Gasteiger partial charge in [-0.2, -0.15) is 0 Å². The normalized spacial score (nSPS) is 11.0. The highest BCUT2D eigenvalue weighted by Crippen LogP contribution is 2.27. The van der Waals surface area contributed by atoms with Gasteiger partial charge < -0.3 is 15.6 Å². The number of nitrogen functional groups attached to an aromatic ring is 1. The number of aromatic hydroxyl groups is 1. The maximum absolute atomic E-state index is 12.1. The molecule has 0 aliphatic rings. The van der Waals surface area contributed by atoms with Crippen LogP contribution >= 0.6 is 11.6 Å². The van der Waals surface area contributed by atoms with Crippen LogP contribution in [0.4, 0.5) is 11.5 Å². The van der Waals surface area contributed by atoms with Crippen molar-refractivity contribution in [2.45, 2.75) is 0 Å². The van der Waals surface area contributed by atoms with E-state index in [9.17, 15) is 18.3 Å². The first-order chi connectivity index (χ1) is 10.7. The topological polar surface area (TPSA) is 144 Å². The second-order valence-corrected chi connectivity index (χ2v) is 6.51. The average molecular weight is 359 g/mol. The second kappa shape index (κ2) is 6.26. The molecule has 0 saturated heterocycles. The van der Waals surface area contributed by atoms with Crippen LogP contribution in [0.15, 0.2) is 24.5 Å². The van der Waals surface area contributed by atoms with Gasteiger partial charge in [-0.3, -0.25) is 4.72 Å². The number of hydrogen-bond acceptors (Lipinski definition) is 8. The SMILES string of the molecule is CS(=O)(=O)Nc1cc(O)cc(OC(=O)c2c(N)ncnc2Cl)c1. The molecule has 1 aromatic heterocycles. The molecule has 1 aromatic carbocycles. The number of ether oxygens (including phenoxy) is 1. The lowest BCUT2D eigenvalue weighted by Crippen LogP contribution is -2.14. The zero-order chi connectivity index (χ0) is 17.2. The summed E-state index contributed by atoms with van der Waals surface area (Å²) in [5.41, 5.74) is 5.31. The number of rotatable bonds is 4. The Morgan fingerprint density at radius 2 is 2.04 bits per heavy atom. The fourth-order valence-corrected chi connectivity index (χ4v) is 2.40. The maximum Gasteiger partial charge on any atom is 0.350 e. The van der Waals surface area contributed by atoms with Crippen molar-refractivity contribution in [2.24, 2.45) is 0 Å². The molecule has 0 fully saturated rings. The van der Waals surface area contributed by atoms with Crippen LogP contribution in [0.25, 0.3) is 0 Å². The van der Waals surface area contributed by atoms with E-state index in [4.69, 9.17) is 22.1 Å². The lowest BCUT2D eigenvalue weighted by molar-refractivity contribution is 0.0735. The van der Waals surface area contributed by atoms with Gasteiger partial charge in [0.1, 0.15) is 34.4 Å². The molecule has 0 atom stereocenters. The molecule has 11 heteroatoms. The van der Waals surface area contributed by atoms with Gasteiger partial charge in [0.25, 0.3) is 0 Å². The number of nitrogens with one attached hydrogen (secondary N) is 1. The van der Waals surface area contributed by atoms with Crippen molar-refractivity contribution in [3.05, 3.63) is 35.2 Å². The second-order valence-electron chi connectivity index (χ2n) is 4.40. The van der Waals surface area contributed by atoms with E-state index in [-0.39, 0.29) is 33.7 Å². The zero-order valence-electron chi connectivity index (χ0n) is 11.6. The van der Waals surface area contributed by atoms with Gasteiger partial charge in [-0.15, -0.1) is 0 Å². The summed E-state index contributed by atoms with van der Waals surface area (Å²) in [5.74, 6) is -1.57. The number of phenols is 1. The summed E-state index contributed by atoms with van der Waals surface area (Å²) in [4.78, 5) is 19.3. The quantitative estimate of drug-likeness (QED) is 0.417. The van der Waals surface area contributed by atoms with Gasteiger partial charge in [0.05, 0.1) is 11.9 Å². The molecule has 0 amide bonds. The smallest absolute Gasteiger partial charge is 0.350 e. The summed E-state index contributed by atoms with van der Waals surface area (Å²) in [6, 6.07) is 3.46. The lowest BCUT2D eigenvalue weighted by atomic mass is 10.2. The average Bonchev–Trinajstić information content (AvgIpc) is 2.35.